The van der Waals surface area contributed by atoms with Crippen molar-refractivity contribution in [2.45, 2.75) is 50.6 Å². The Bertz CT molecular complexity index is 670. The van der Waals surface area contributed by atoms with Crippen LogP contribution in [0, 0.1) is 5.92 Å². The van der Waals surface area contributed by atoms with Gasteiger partial charge in [0.05, 0.1) is 18.7 Å². The Morgan fingerprint density at radius 2 is 1.96 bits per heavy atom. The van der Waals surface area contributed by atoms with Gasteiger partial charge in [0.1, 0.15) is 0 Å². The summed E-state index contributed by atoms with van der Waals surface area (Å²) in [5.41, 5.74) is 2.03. The lowest BCUT2D eigenvalue weighted by Crippen LogP contribution is -2.70. The minimum Gasteiger partial charge on any atom is -0.394 e. The van der Waals surface area contributed by atoms with Crippen LogP contribution in [0.2, 0.25) is 0 Å². The lowest BCUT2D eigenvalue weighted by molar-refractivity contribution is -0.151. The third kappa shape index (κ3) is 2.34. The molecule has 0 spiro atoms. The monoisotopic (exact) mass is 328 g/mol. The fraction of sp³-hybridized carbons (Fsp3) is 0.579. The maximum Gasteiger partial charge on any atom is 0.226 e. The van der Waals surface area contributed by atoms with Crippen molar-refractivity contribution in [2.24, 2.45) is 5.92 Å². The minimum atomic E-state index is -0.152. The normalized spacial score (nSPS) is 28.0. The van der Waals surface area contributed by atoms with Gasteiger partial charge in [-0.2, -0.15) is 0 Å². The standard InChI is InChI=1S/C19H24N2O3/c1-2-17(23)20-10-15-19(13-5-3-4-6-14(13)20)16(11-22)21(15)18(24)9-12-7-8-12/h3-6,12,15-16,19,22H,2,7-11H2,1H3/t15-,16-,19+/m1/s1. The van der Waals surface area contributed by atoms with E-state index < -0.39 is 0 Å². The smallest absolute Gasteiger partial charge is 0.226 e. The Morgan fingerprint density at radius 1 is 1.21 bits per heavy atom. The van der Waals surface area contributed by atoms with Crippen LogP contribution in [0.1, 0.15) is 44.1 Å². The van der Waals surface area contributed by atoms with Gasteiger partial charge in [0.2, 0.25) is 11.8 Å². The Morgan fingerprint density at radius 3 is 2.62 bits per heavy atom. The first kappa shape index (κ1) is 15.6. The summed E-state index contributed by atoms with van der Waals surface area (Å²) in [7, 11) is 0. The Hall–Kier alpha value is -1.88. The van der Waals surface area contributed by atoms with E-state index in [-0.39, 0.29) is 36.4 Å². The molecule has 24 heavy (non-hydrogen) atoms. The first-order valence-corrected chi connectivity index (χ1v) is 8.97. The molecule has 0 radical (unpaired) electrons. The molecule has 1 aliphatic carbocycles. The molecule has 1 saturated heterocycles. The van der Waals surface area contributed by atoms with Crippen molar-refractivity contribution < 1.29 is 14.7 Å². The number of rotatable bonds is 4. The van der Waals surface area contributed by atoms with Crippen molar-refractivity contribution in [3.63, 3.8) is 0 Å². The lowest BCUT2D eigenvalue weighted by atomic mass is 9.71. The molecule has 5 nitrogen and oxygen atoms in total. The number of aliphatic hydroxyl groups is 1. The SMILES string of the molecule is CCC(=O)N1C[C@@H]2[C@H](c3ccccc31)[C@@H](CO)N2C(=O)CC1CC1. The summed E-state index contributed by atoms with van der Waals surface area (Å²) in [6, 6.07) is 7.77. The number of para-hydroxylation sites is 1. The average Bonchev–Trinajstić information content (AvgIpc) is 3.38. The molecule has 2 heterocycles. The number of benzene rings is 1. The van der Waals surface area contributed by atoms with Crippen LogP contribution < -0.4 is 4.90 Å². The zero-order valence-electron chi connectivity index (χ0n) is 14.0. The van der Waals surface area contributed by atoms with Gasteiger partial charge in [-0.15, -0.1) is 0 Å². The fourth-order valence-corrected chi connectivity index (χ4v) is 4.34. The maximum absolute atomic E-state index is 12.7. The molecule has 4 rings (SSSR count). The predicted octanol–water partition coefficient (Wildman–Crippen LogP) is 1.90. The summed E-state index contributed by atoms with van der Waals surface area (Å²) in [6.07, 6.45) is 3.32. The van der Waals surface area contributed by atoms with Gasteiger partial charge in [0, 0.05) is 31.0 Å². The van der Waals surface area contributed by atoms with Crippen LogP contribution in [-0.4, -0.2) is 47.1 Å². The van der Waals surface area contributed by atoms with Gasteiger partial charge in [0.25, 0.3) is 0 Å². The van der Waals surface area contributed by atoms with E-state index in [9.17, 15) is 14.7 Å². The molecule has 0 unspecified atom stereocenters. The zero-order valence-corrected chi connectivity index (χ0v) is 14.0. The number of amides is 2. The van der Waals surface area contributed by atoms with Gasteiger partial charge in [0.15, 0.2) is 0 Å². The van der Waals surface area contributed by atoms with E-state index in [1.165, 1.54) is 0 Å². The van der Waals surface area contributed by atoms with Gasteiger partial charge in [-0.05, 0) is 30.4 Å². The second-order valence-electron chi connectivity index (χ2n) is 7.21. The van der Waals surface area contributed by atoms with Gasteiger partial charge < -0.3 is 14.9 Å². The highest BCUT2D eigenvalue weighted by atomic mass is 16.3. The molecule has 3 aliphatic rings. The molecular weight excluding hydrogens is 304 g/mol. The number of likely N-dealkylation sites (tertiary alicyclic amines) is 1. The largest absolute Gasteiger partial charge is 0.394 e. The van der Waals surface area contributed by atoms with Crippen molar-refractivity contribution in [1.82, 2.24) is 4.90 Å². The van der Waals surface area contributed by atoms with Crippen molar-refractivity contribution in [1.29, 1.82) is 0 Å². The summed E-state index contributed by atoms with van der Waals surface area (Å²) in [5, 5.41) is 9.87. The first-order valence-electron chi connectivity index (χ1n) is 8.97. The number of anilines is 1. The van der Waals surface area contributed by atoms with E-state index in [4.69, 9.17) is 0 Å². The van der Waals surface area contributed by atoms with Gasteiger partial charge in [-0.3, -0.25) is 9.59 Å². The van der Waals surface area contributed by atoms with Crippen LogP contribution in [0.4, 0.5) is 5.69 Å². The van der Waals surface area contributed by atoms with Crippen molar-refractivity contribution >= 4 is 17.5 Å². The van der Waals surface area contributed by atoms with Crippen LogP contribution in [-0.2, 0) is 9.59 Å². The number of carbonyl (C=O) groups excluding carboxylic acids is 2. The lowest BCUT2D eigenvalue weighted by Gasteiger charge is -2.59. The number of nitrogens with zero attached hydrogens (tertiary/aromatic N) is 2. The molecule has 2 aliphatic heterocycles. The molecular formula is C19H24N2O3. The highest BCUT2D eigenvalue weighted by Crippen LogP contribution is 2.49. The quantitative estimate of drug-likeness (QED) is 0.918. The van der Waals surface area contributed by atoms with E-state index in [1.807, 2.05) is 41.0 Å². The second kappa shape index (κ2) is 5.88. The molecule has 2 fully saturated rings. The van der Waals surface area contributed by atoms with Crippen molar-refractivity contribution in [3.8, 4) is 0 Å². The third-order valence-corrected chi connectivity index (χ3v) is 5.74. The van der Waals surface area contributed by atoms with Crippen LogP contribution >= 0.6 is 0 Å². The van der Waals surface area contributed by atoms with Gasteiger partial charge in [-0.25, -0.2) is 0 Å². The predicted molar refractivity (Wildman–Crippen MR) is 90.7 cm³/mol. The van der Waals surface area contributed by atoms with Crippen LogP contribution in [0.3, 0.4) is 0 Å². The molecule has 1 aromatic rings. The second-order valence-corrected chi connectivity index (χ2v) is 7.21. The molecule has 3 atom stereocenters. The van der Waals surface area contributed by atoms with E-state index >= 15 is 0 Å². The molecule has 1 saturated carbocycles. The van der Waals surface area contributed by atoms with Crippen LogP contribution in [0.25, 0.3) is 0 Å². The number of hydrogen-bond donors (Lipinski definition) is 1. The summed E-state index contributed by atoms with van der Waals surface area (Å²) >= 11 is 0. The minimum absolute atomic E-state index is 0.00111. The molecule has 2 amide bonds. The van der Waals surface area contributed by atoms with Crippen LogP contribution in [0.5, 0.6) is 0 Å². The zero-order chi connectivity index (χ0) is 16.8. The van der Waals surface area contributed by atoms with Gasteiger partial charge in [-0.1, -0.05) is 25.1 Å². The molecule has 0 aromatic heterocycles. The maximum atomic E-state index is 12.7. The summed E-state index contributed by atoms with van der Waals surface area (Å²) in [5.74, 6) is 0.888. The Labute approximate surface area is 142 Å². The topological polar surface area (TPSA) is 60.9 Å². The number of fused-ring (bicyclic) bond motifs is 3. The van der Waals surface area contributed by atoms with E-state index in [2.05, 4.69) is 0 Å². The number of aliphatic hydroxyl groups excluding tert-OH is 1. The molecule has 128 valence electrons. The molecule has 0 bridgehead atoms. The summed E-state index contributed by atoms with van der Waals surface area (Å²) in [6.45, 7) is 2.39. The third-order valence-electron chi connectivity index (χ3n) is 5.74. The van der Waals surface area contributed by atoms with Crippen molar-refractivity contribution in [2.75, 3.05) is 18.1 Å². The van der Waals surface area contributed by atoms with Crippen molar-refractivity contribution in [3.05, 3.63) is 29.8 Å². The highest BCUT2D eigenvalue weighted by Gasteiger charge is 2.55. The van der Waals surface area contributed by atoms with Gasteiger partial charge >= 0.3 is 0 Å². The summed E-state index contributed by atoms with van der Waals surface area (Å²) in [4.78, 5) is 28.7. The molecule has 1 aromatic carbocycles. The molecule has 5 heteroatoms. The average molecular weight is 328 g/mol. The van der Waals surface area contributed by atoms with E-state index in [0.29, 0.717) is 25.3 Å². The van der Waals surface area contributed by atoms with E-state index in [1.54, 1.807) is 0 Å². The fourth-order valence-electron chi connectivity index (χ4n) is 4.34. The van der Waals surface area contributed by atoms with E-state index in [0.717, 1.165) is 24.1 Å². The molecule has 1 N–H and O–H groups in total. The first-order chi connectivity index (χ1) is 11.7. The highest BCUT2D eigenvalue weighted by molar-refractivity contribution is 5.95. The summed E-state index contributed by atoms with van der Waals surface area (Å²) < 4.78 is 0. The number of carbonyl (C=O) groups is 2. The Balaban J connectivity index is 1.66. The number of hydrogen-bond acceptors (Lipinski definition) is 3. The van der Waals surface area contributed by atoms with Crippen LogP contribution in [0.15, 0.2) is 24.3 Å². The Kier molecular flexibility index (Phi) is 3.83.